The van der Waals surface area contributed by atoms with Crippen LogP contribution in [0.3, 0.4) is 0 Å². The van der Waals surface area contributed by atoms with E-state index in [1.165, 1.54) is 12.1 Å². The second-order valence-electron chi connectivity index (χ2n) is 12.6. The third-order valence-corrected chi connectivity index (χ3v) is 11.2. The average Bonchev–Trinajstić information content (AvgIpc) is 3.92. The summed E-state index contributed by atoms with van der Waals surface area (Å²) in [7, 11) is 0. The van der Waals surface area contributed by atoms with Crippen molar-refractivity contribution in [3.05, 3.63) is 105 Å². The molecule has 7 heterocycles. The van der Waals surface area contributed by atoms with Crippen LogP contribution in [-0.2, 0) is 19.3 Å². The number of aromatic nitrogens is 5. The fourth-order valence-corrected chi connectivity index (χ4v) is 8.93. The van der Waals surface area contributed by atoms with Crippen molar-refractivity contribution in [3.63, 3.8) is 0 Å². The maximum Gasteiger partial charge on any atom is 0.257 e. The molecule has 2 atom stereocenters. The van der Waals surface area contributed by atoms with E-state index < -0.39 is 0 Å². The fourth-order valence-electron chi connectivity index (χ4n) is 7.51. The molecule has 1 saturated heterocycles. The van der Waals surface area contributed by atoms with Gasteiger partial charge < -0.3 is 14.6 Å². The number of amides is 1. The minimum atomic E-state index is -0.274. The van der Waals surface area contributed by atoms with Crippen LogP contribution in [0.25, 0.3) is 32.0 Å². The first-order valence-corrected chi connectivity index (χ1v) is 17.3. The van der Waals surface area contributed by atoms with Gasteiger partial charge in [-0.25, -0.2) is 9.37 Å². The van der Waals surface area contributed by atoms with Gasteiger partial charge in [0.1, 0.15) is 11.6 Å². The quantitative estimate of drug-likeness (QED) is 0.181. The second kappa shape index (κ2) is 11.5. The van der Waals surface area contributed by atoms with Crippen molar-refractivity contribution in [2.45, 2.75) is 57.5 Å². The number of anilines is 1. The van der Waals surface area contributed by atoms with Gasteiger partial charge in [0.2, 0.25) is 11.8 Å². The number of halogens is 2. The largest absolute Gasteiger partial charge is 0.421 e. The number of hydrogen-bond acceptors (Lipinski definition) is 9. The molecule has 0 saturated carbocycles. The number of rotatable bonds is 7. The van der Waals surface area contributed by atoms with Crippen LogP contribution < -0.4 is 5.32 Å². The van der Waals surface area contributed by atoms with Crippen molar-refractivity contribution in [1.29, 1.82) is 0 Å². The van der Waals surface area contributed by atoms with Gasteiger partial charge >= 0.3 is 0 Å². The normalized spacial score (nSPS) is 18.1. The number of thiophene rings is 1. The van der Waals surface area contributed by atoms with Gasteiger partial charge in [-0.15, -0.1) is 21.5 Å². The Morgan fingerprint density at radius 2 is 1.96 bits per heavy atom. The summed E-state index contributed by atoms with van der Waals surface area (Å²) in [5.74, 6) is 1.23. The Morgan fingerprint density at radius 1 is 1.08 bits per heavy atom. The van der Waals surface area contributed by atoms with Gasteiger partial charge in [0.05, 0.1) is 44.3 Å². The molecule has 9 nitrogen and oxygen atoms in total. The zero-order valence-electron chi connectivity index (χ0n) is 26.0. The molecule has 6 aromatic rings. The Bertz CT molecular complexity index is 2250. The monoisotopic (exact) mass is 677 g/mol. The van der Waals surface area contributed by atoms with E-state index in [2.05, 4.69) is 26.6 Å². The second-order valence-corrected chi connectivity index (χ2v) is 14.1. The topological polar surface area (TPSA) is 110 Å². The first kappa shape index (κ1) is 29.4. The van der Waals surface area contributed by atoms with Gasteiger partial charge in [-0.05, 0) is 84.9 Å². The minimum absolute atomic E-state index is 0.0153. The molecule has 48 heavy (non-hydrogen) atoms. The standard InChI is InChI=1S/C36H29ClFN7O2S/c1-18-43-44-35(47-18)29-26(10-6-19-4-7-21(38)8-5-19)41-32-27-3-2-14-45(27)36(46)31(32)30(29)28-15-20-12-13-40-34(33(20)48-28)42-25-11-9-22-23(25)16-39-17-24(22)37/h4-5,7-8,12-13,15-17,25,27H,2-3,6,9-11,14H2,1H3,(H,40,42). The molecule has 0 bridgehead atoms. The zero-order valence-corrected chi connectivity index (χ0v) is 27.5. The van der Waals surface area contributed by atoms with Crippen LogP contribution in [0.2, 0.25) is 5.02 Å². The lowest BCUT2D eigenvalue weighted by Gasteiger charge is -2.16. The maximum atomic E-state index is 14.2. The van der Waals surface area contributed by atoms with Gasteiger partial charge in [0.15, 0.2) is 0 Å². The molecule has 5 aromatic heterocycles. The van der Waals surface area contributed by atoms with E-state index in [4.69, 9.17) is 26.0 Å². The molecule has 1 N–H and O–H groups in total. The maximum absolute atomic E-state index is 14.2. The highest BCUT2D eigenvalue weighted by Gasteiger charge is 2.45. The summed E-state index contributed by atoms with van der Waals surface area (Å²) in [5.41, 5.74) is 6.84. The van der Waals surface area contributed by atoms with Crippen LogP contribution in [0.4, 0.5) is 10.2 Å². The smallest absolute Gasteiger partial charge is 0.257 e. The number of aryl methyl sites for hydroxylation is 3. The molecule has 1 fully saturated rings. The van der Waals surface area contributed by atoms with Gasteiger partial charge in [0, 0.05) is 42.5 Å². The number of carbonyl (C=O) groups excluding carboxylic acids is 1. The molecule has 12 heteroatoms. The molecule has 240 valence electrons. The van der Waals surface area contributed by atoms with E-state index in [9.17, 15) is 9.18 Å². The summed E-state index contributed by atoms with van der Waals surface area (Å²) in [4.78, 5) is 31.4. The molecule has 2 unspecified atom stereocenters. The lowest BCUT2D eigenvalue weighted by molar-refractivity contribution is 0.0776. The number of nitrogens with one attached hydrogen (secondary N) is 1. The van der Waals surface area contributed by atoms with Crippen LogP contribution >= 0.6 is 22.9 Å². The highest BCUT2D eigenvalue weighted by molar-refractivity contribution is 7.23. The van der Waals surface area contributed by atoms with Crippen LogP contribution in [0, 0.1) is 12.7 Å². The van der Waals surface area contributed by atoms with Crippen LogP contribution in [0.15, 0.2) is 59.4 Å². The summed E-state index contributed by atoms with van der Waals surface area (Å²) in [5, 5.41) is 14.0. The van der Waals surface area contributed by atoms with Gasteiger partial charge in [-0.1, -0.05) is 23.7 Å². The van der Waals surface area contributed by atoms with E-state index in [0.717, 1.165) is 80.1 Å². The fraction of sp³-hybridized carbons (Fsp3) is 0.278. The van der Waals surface area contributed by atoms with Crippen LogP contribution in [0.5, 0.6) is 0 Å². The number of nitrogens with zero attached hydrogens (tertiary/aromatic N) is 6. The summed E-state index contributed by atoms with van der Waals surface area (Å²) >= 11 is 8.05. The third-order valence-electron chi connectivity index (χ3n) is 9.73. The molecular formula is C36H29ClFN7O2S. The van der Waals surface area contributed by atoms with Crippen molar-refractivity contribution in [2.24, 2.45) is 0 Å². The van der Waals surface area contributed by atoms with E-state index >= 15 is 0 Å². The highest BCUT2D eigenvalue weighted by atomic mass is 35.5. The van der Waals surface area contributed by atoms with Crippen molar-refractivity contribution in [1.82, 2.24) is 30.0 Å². The van der Waals surface area contributed by atoms with E-state index in [-0.39, 0.29) is 23.8 Å². The Balaban J connectivity index is 1.21. The van der Waals surface area contributed by atoms with Gasteiger partial charge in [-0.2, -0.15) is 0 Å². The first-order valence-electron chi connectivity index (χ1n) is 16.1. The van der Waals surface area contributed by atoms with Gasteiger partial charge in [-0.3, -0.25) is 14.8 Å². The summed E-state index contributed by atoms with van der Waals surface area (Å²) in [6.45, 7) is 2.45. The first-order chi connectivity index (χ1) is 23.4. The molecule has 9 rings (SSSR count). The Morgan fingerprint density at radius 3 is 2.79 bits per heavy atom. The van der Waals surface area contributed by atoms with E-state index in [1.807, 2.05) is 23.4 Å². The molecule has 1 amide bonds. The lowest BCUT2D eigenvalue weighted by atomic mass is 9.93. The predicted octanol–water partition coefficient (Wildman–Crippen LogP) is 8.08. The Labute approximate surface area is 284 Å². The SMILES string of the molecule is Cc1nnc(-c2c(CCc3ccc(F)cc3)nc3c(c2-c2cc4ccnc(NC5CCc6c(Cl)cncc65)c4s2)C(=O)N2CCCC32)o1. The summed E-state index contributed by atoms with van der Waals surface area (Å²) in [6, 6.07) is 10.6. The molecule has 1 aliphatic carbocycles. The van der Waals surface area contributed by atoms with E-state index in [1.54, 1.807) is 36.6 Å². The molecular weight excluding hydrogens is 649 g/mol. The summed E-state index contributed by atoms with van der Waals surface area (Å²) < 4.78 is 20.8. The molecule has 3 aliphatic rings. The van der Waals surface area contributed by atoms with Crippen LogP contribution in [-0.4, -0.2) is 42.5 Å². The predicted molar refractivity (Wildman–Crippen MR) is 182 cm³/mol. The number of pyridine rings is 3. The molecule has 0 radical (unpaired) electrons. The molecule has 0 spiro atoms. The van der Waals surface area contributed by atoms with Crippen molar-refractivity contribution in [3.8, 4) is 21.9 Å². The highest BCUT2D eigenvalue weighted by Crippen LogP contribution is 2.50. The minimum Gasteiger partial charge on any atom is -0.421 e. The lowest BCUT2D eigenvalue weighted by Crippen LogP contribution is -2.22. The van der Waals surface area contributed by atoms with Gasteiger partial charge in [0.25, 0.3) is 5.91 Å². The molecule has 2 aliphatic heterocycles. The van der Waals surface area contributed by atoms with Crippen molar-refractivity contribution >= 4 is 44.7 Å². The van der Waals surface area contributed by atoms with Crippen molar-refractivity contribution in [2.75, 3.05) is 11.9 Å². The number of fused-ring (bicyclic) bond motifs is 5. The van der Waals surface area contributed by atoms with E-state index in [0.29, 0.717) is 47.3 Å². The number of carbonyl (C=O) groups is 1. The Kier molecular flexibility index (Phi) is 7.01. The summed E-state index contributed by atoms with van der Waals surface area (Å²) in [6.07, 6.45) is 10.1. The van der Waals surface area contributed by atoms with Crippen molar-refractivity contribution < 1.29 is 13.6 Å². The third kappa shape index (κ3) is 4.78. The number of hydrogen-bond donors (Lipinski definition) is 1. The number of benzene rings is 1. The van der Waals surface area contributed by atoms with Crippen LogP contribution in [0.1, 0.15) is 75.7 Å². The zero-order chi connectivity index (χ0) is 32.5. The molecule has 1 aromatic carbocycles. The average molecular weight is 678 g/mol. The Hall–Kier alpha value is -4.74.